The van der Waals surface area contributed by atoms with Crippen LogP contribution in [0.15, 0.2) is 18.2 Å². The first-order valence-corrected chi connectivity index (χ1v) is 7.18. The van der Waals surface area contributed by atoms with Gasteiger partial charge in [0.15, 0.2) is 0 Å². The van der Waals surface area contributed by atoms with Gasteiger partial charge < -0.3 is 5.32 Å². The van der Waals surface area contributed by atoms with Crippen LogP contribution in [0.25, 0.3) is 0 Å². The normalized spacial score (nSPS) is 23.1. The van der Waals surface area contributed by atoms with Gasteiger partial charge in [0, 0.05) is 17.5 Å². The molecule has 1 fully saturated rings. The maximum Gasteiger partial charge on any atom is 0.251 e. The number of halogens is 2. The maximum absolute atomic E-state index is 13.0. The first-order valence-electron chi connectivity index (χ1n) is 6.74. The van der Waals surface area contributed by atoms with Crippen molar-refractivity contribution in [1.82, 2.24) is 5.32 Å². The summed E-state index contributed by atoms with van der Waals surface area (Å²) < 4.78 is 13.0. The van der Waals surface area contributed by atoms with Gasteiger partial charge in [-0.05, 0) is 55.9 Å². The van der Waals surface area contributed by atoms with E-state index >= 15 is 0 Å². The van der Waals surface area contributed by atoms with E-state index in [0.717, 1.165) is 25.7 Å². The summed E-state index contributed by atoms with van der Waals surface area (Å²) in [4.78, 5) is 12.0. The number of benzene rings is 1. The second-order valence-electron chi connectivity index (χ2n) is 5.30. The van der Waals surface area contributed by atoms with Crippen LogP contribution in [-0.4, -0.2) is 17.8 Å². The van der Waals surface area contributed by atoms with Gasteiger partial charge in [0.05, 0.1) is 0 Å². The molecule has 0 radical (unpaired) electrons. The highest BCUT2D eigenvalue weighted by Gasteiger charge is 2.21. The lowest BCUT2D eigenvalue weighted by molar-refractivity contribution is 0.0943. The molecule has 0 aliphatic heterocycles. The monoisotopic (exact) mass is 283 g/mol. The molecule has 1 aliphatic carbocycles. The fraction of sp³-hybridized carbons (Fsp3) is 0.533. The molecule has 0 bridgehead atoms. The number of aryl methyl sites for hydroxylation is 1. The first-order chi connectivity index (χ1) is 9.06. The van der Waals surface area contributed by atoms with Crippen LogP contribution in [0.1, 0.15) is 41.6 Å². The average molecular weight is 284 g/mol. The Balaban J connectivity index is 1.90. The van der Waals surface area contributed by atoms with E-state index in [9.17, 15) is 9.18 Å². The molecule has 2 nitrogen and oxygen atoms in total. The molecule has 0 saturated heterocycles. The molecule has 2 unspecified atom stereocenters. The van der Waals surface area contributed by atoms with Gasteiger partial charge in [0.2, 0.25) is 0 Å². The third-order valence-electron chi connectivity index (χ3n) is 3.70. The molecule has 2 rings (SSSR count). The summed E-state index contributed by atoms with van der Waals surface area (Å²) in [5.41, 5.74) is 1.20. The number of carbonyl (C=O) groups is 1. The SMILES string of the molecule is Cc1cc(F)ccc1C(=O)NCC1CCCC(Cl)C1. The Kier molecular flexibility index (Phi) is 4.81. The predicted molar refractivity (Wildman–Crippen MR) is 75.1 cm³/mol. The molecular formula is C15H19ClFNO. The Hall–Kier alpha value is -1.09. The van der Waals surface area contributed by atoms with Crippen molar-refractivity contribution in [2.75, 3.05) is 6.54 Å². The molecule has 1 aromatic carbocycles. The zero-order chi connectivity index (χ0) is 13.8. The van der Waals surface area contributed by atoms with Crippen LogP contribution in [0.4, 0.5) is 4.39 Å². The molecular weight excluding hydrogens is 265 g/mol. The van der Waals surface area contributed by atoms with Gasteiger partial charge in [-0.1, -0.05) is 6.42 Å². The number of nitrogens with one attached hydrogen (secondary N) is 1. The zero-order valence-corrected chi connectivity index (χ0v) is 11.8. The summed E-state index contributed by atoms with van der Waals surface area (Å²) in [7, 11) is 0. The summed E-state index contributed by atoms with van der Waals surface area (Å²) >= 11 is 6.13. The Morgan fingerprint density at radius 1 is 1.47 bits per heavy atom. The van der Waals surface area contributed by atoms with Crippen molar-refractivity contribution in [1.29, 1.82) is 0 Å². The fourth-order valence-corrected chi connectivity index (χ4v) is 3.03. The highest BCUT2D eigenvalue weighted by atomic mass is 35.5. The Bertz CT molecular complexity index is 463. The Morgan fingerprint density at radius 3 is 2.95 bits per heavy atom. The Morgan fingerprint density at radius 2 is 2.26 bits per heavy atom. The number of carbonyl (C=O) groups excluding carboxylic acids is 1. The van der Waals surface area contributed by atoms with E-state index < -0.39 is 0 Å². The minimum atomic E-state index is -0.314. The van der Waals surface area contributed by atoms with Gasteiger partial charge in [-0.15, -0.1) is 11.6 Å². The second-order valence-corrected chi connectivity index (χ2v) is 5.92. The average Bonchev–Trinajstić information content (AvgIpc) is 2.36. The van der Waals surface area contributed by atoms with Crippen molar-refractivity contribution in [3.63, 3.8) is 0 Å². The van der Waals surface area contributed by atoms with E-state index in [1.165, 1.54) is 18.2 Å². The van der Waals surface area contributed by atoms with Crippen molar-refractivity contribution in [2.24, 2.45) is 5.92 Å². The van der Waals surface area contributed by atoms with Crippen LogP contribution in [-0.2, 0) is 0 Å². The van der Waals surface area contributed by atoms with E-state index in [1.807, 2.05) is 0 Å². The van der Waals surface area contributed by atoms with Crippen LogP contribution in [0.3, 0.4) is 0 Å². The van der Waals surface area contributed by atoms with E-state index in [4.69, 9.17) is 11.6 Å². The third kappa shape index (κ3) is 3.93. The van der Waals surface area contributed by atoms with E-state index in [-0.39, 0.29) is 17.1 Å². The molecule has 0 heterocycles. The van der Waals surface area contributed by atoms with Crippen molar-refractivity contribution < 1.29 is 9.18 Å². The van der Waals surface area contributed by atoms with Crippen molar-refractivity contribution in [3.8, 4) is 0 Å². The summed E-state index contributed by atoms with van der Waals surface area (Å²) in [6, 6.07) is 4.23. The van der Waals surface area contributed by atoms with Gasteiger partial charge >= 0.3 is 0 Å². The Labute approximate surface area is 118 Å². The van der Waals surface area contributed by atoms with Gasteiger partial charge in [-0.2, -0.15) is 0 Å². The second kappa shape index (κ2) is 6.38. The fourth-order valence-electron chi connectivity index (χ4n) is 2.62. The van der Waals surface area contributed by atoms with Crippen LogP contribution >= 0.6 is 11.6 Å². The minimum absolute atomic E-state index is 0.130. The molecule has 19 heavy (non-hydrogen) atoms. The standard InChI is InChI=1S/C15H19ClFNO/c1-10-7-13(17)5-6-14(10)15(19)18-9-11-3-2-4-12(16)8-11/h5-7,11-12H,2-4,8-9H2,1H3,(H,18,19). The summed E-state index contributed by atoms with van der Waals surface area (Å²) in [5, 5.41) is 3.17. The van der Waals surface area contributed by atoms with Crippen LogP contribution in [0, 0.1) is 18.7 Å². The maximum atomic E-state index is 13.0. The molecule has 0 aromatic heterocycles. The van der Waals surface area contributed by atoms with Gasteiger partial charge in [-0.3, -0.25) is 4.79 Å². The van der Waals surface area contributed by atoms with Gasteiger partial charge in [-0.25, -0.2) is 4.39 Å². The molecule has 104 valence electrons. The number of alkyl halides is 1. The lowest BCUT2D eigenvalue weighted by Crippen LogP contribution is -2.32. The number of hydrogen-bond acceptors (Lipinski definition) is 1. The lowest BCUT2D eigenvalue weighted by atomic mass is 9.89. The summed E-state index contributed by atoms with van der Waals surface area (Å²) in [5.74, 6) is 0.0152. The predicted octanol–water partition coefficient (Wildman–Crippen LogP) is 3.66. The molecule has 1 aliphatic rings. The van der Waals surface area contributed by atoms with Gasteiger partial charge in [0.25, 0.3) is 5.91 Å². The zero-order valence-electron chi connectivity index (χ0n) is 11.1. The molecule has 1 amide bonds. The van der Waals surface area contributed by atoms with Crippen molar-refractivity contribution in [3.05, 3.63) is 35.1 Å². The van der Waals surface area contributed by atoms with Crippen LogP contribution < -0.4 is 5.32 Å². The quantitative estimate of drug-likeness (QED) is 0.843. The number of amides is 1. The van der Waals surface area contributed by atoms with E-state index in [2.05, 4.69) is 5.32 Å². The van der Waals surface area contributed by atoms with E-state index in [1.54, 1.807) is 6.92 Å². The highest BCUT2D eigenvalue weighted by Crippen LogP contribution is 2.27. The van der Waals surface area contributed by atoms with Crippen molar-refractivity contribution in [2.45, 2.75) is 38.0 Å². The number of rotatable bonds is 3. The molecule has 1 N–H and O–H groups in total. The highest BCUT2D eigenvalue weighted by molar-refractivity contribution is 6.20. The van der Waals surface area contributed by atoms with E-state index in [0.29, 0.717) is 23.6 Å². The van der Waals surface area contributed by atoms with Crippen molar-refractivity contribution >= 4 is 17.5 Å². The molecule has 2 atom stereocenters. The minimum Gasteiger partial charge on any atom is -0.352 e. The third-order valence-corrected chi connectivity index (χ3v) is 4.10. The summed E-state index contributed by atoms with van der Waals surface area (Å²) in [6.07, 6.45) is 4.28. The van der Waals surface area contributed by atoms with Crippen LogP contribution in [0.5, 0.6) is 0 Å². The molecule has 1 saturated carbocycles. The largest absolute Gasteiger partial charge is 0.352 e. The lowest BCUT2D eigenvalue weighted by Gasteiger charge is -2.25. The molecule has 4 heteroatoms. The number of hydrogen-bond donors (Lipinski definition) is 1. The van der Waals surface area contributed by atoms with Gasteiger partial charge in [0.1, 0.15) is 5.82 Å². The topological polar surface area (TPSA) is 29.1 Å². The molecule has 1 aromatic rings. The van der Waals surface area contributed by atoms with Crippen LogP contribution in [0.2, 0.25) is 0 Å². The molecule has 0 spiro atoms. The summed E-state index contributed by atoms with van der Waals surface area (Å²) in [6.45, 7) is 2.40. The first kappa shape index (κ1) is 14.3. The smallest absolute Gasteiger partial charge is 0.251 e.